The van der Waals surface area contributed by atoms with Gasteiger partial charge in [0, 0.05) is 0 Å². The van der Waals surface area contributed by atoms with Crippen molar-refractivity contribution >= 4 is 22.8 Å². The maximum Gasteiger partial charge on any atom is 0.422 e. The molecule has 0 aliphatic carbocycles. The largest absolute Gasteiger partial charge is 0.454 e. The molecule has 0 fully saturated rings. The Morgan fingerprint density at radius 3 is 1.68 bits per heavy atom. The fourth-order valence-corrected chi connectivity index (χ4v) is 4.74. The zero-order chi connectivity index (χ0) is 22.3. The minimum Gasteiger partial charge on any atom is -0.454 e. The smallest absolute Gasteiger partial charge is 0.422 e. The third-order valence-corrected chi connectivity index (χ3v) is 6.23. The van der Waals surface area contributed by atoms with Crippen LogP contribution < -0.4 is 0 Å². The zero-order valence-electron chi connectivity index (χ0n) is 16.2. The summed E-state index contributed by atoms with van der Waals surface area (Å²) in [5.74, 6) is -2.09. The molecule has 0 unspecified atom stereocenters. The summed E-state index contributed by atoms with van der Waals surface area (Å²) in [5.41, 5.74) is 0.178. The van der Waals surface area contributed by atoms with Gasteiger partial charge in [-0.3, -0.25) is 0 Å². The van der Waals surface area contributed by atoms with Crippen LogP contribution in [0.15, 0.2) is 99.6 Å². The summed E-state index contributed by atoms with van der Waals surface area (Å²) < 4.78 is 44.9. The van der Waals surface area contributed by atoms with Gasteiger partial charge in [-0.25, -0.2) is 9.59 Å². The summed E-state index contributed by atoms with van der Waals surface area (Å²) in [6.45, 7) is -2.62. The molecule has 3 aromatic rings. The maximum atomic E-state index is 12.1. The Labute approximate surface area is 180 Å². The van der Waals surface area contributed by atoms with Crippen LogP contribution in [-0.4, -0.2) is 31.3 Å². The molecule has 3 rings (SSSR count). The number of benzene rings is 3. The maximum absolute atomic E-state index is 12.1. The van der Waals surface area contributed by atoms with Crippen LogP contribution >= 0.6 is 0 Å². The van der Waals surface area contributed by atoms with E-state index >= 15 is 0 Å². The Morgan fingerprint density at radius 2 is 1.19 bits per heavy atom. The highest BCUT2D eigenvalue weighted by molar-refractivity contribution is 7.97. The van der Waals surface area contributed by atoms with Crippen molar-refractivity contribution in [1.29, 1.82) is 0 Å². The molecule has 31 heavy (non-hydrogen) atoms. The number of carbonyl (C=O) groups is 2. The molecular formula is C23H18F3O4S+. The SMILES string of the molecule is O=C(COC(=O)c1ccc([S+](c2ccccc2)c2ccccc2)cc1)OCC(F)(F)F. The van der Waals surface area contributed by atoms with Crippen molar-refractivity contribution in [2.75, 3.05) is 13.2 Å². The third-order valence-electron chi connectivity index (χ3n) is 4.00. The summed E-state index contributed by atoms with van der Waals surface area (Å²) >= 11 is 0. The topological polar surface area (TPSA) is 52.6 Å². The molecule has 0 saturated heterocycles. The number of esters is 2. The number of hydrogen-bond donors (Lipinski definition) is 0. The fourth-order valence-electron chi connectivity index (χ4n) is 2.66. The molecule has 0 heterocycles. The van der Waals surface area contributed by atoms with Gasteiger partial charge in [-0.05, 0) is 48.5 Å². The van der Waals surface area contributed by atoms with E-state index in [1.165, 1.54) is 0 Å². The first-order valence-corrected chi connectivity index (χ1v) is 10.4. The highest BCUT2D eigenvalue weighted by Gasteiger charge is 2.30. The first-order valence-electron chi connectivity index (χ1n) is 9.17. The van der Waals surface area contributed by atoms with Crippen molar-refractivity contribution in [1.82, 2.24) is 0 Å². The number of rotatable bonds is 7. The summed E-state index contributed by atoms with van der Waals surface area (Å²) in [5, 5.41) is 0. The van der Waals surface area contributed by atoms with Crippen molar-refractivity contribution in [3.63, 3.8) is 0 Å². The van der Waals surface area contributed by atoms with Crippen LogP contribution in [0.1, 0.15) is 10.4 Å². The van der Waals surface area contributed by atoms with Crippen LogP contribution in [0, 0.1) is 0 Å². The van der Waals surface area contributed by atoms with Crippen LogP contribution in [-0.2, 0) is 25.2 Å². The Kier molecular flexibility index (Phi) is 7.36. The Balaban J connectivity index is 1.70. The Bertz CT molecular complexity index is 967. The second-order valence-corrected chi connectivity index (χ2v) is 8.34. The fraction of sp³-hybridized carbons (Fsp3) is 0.130. The van der Waals surface area contributed by atoms with Gasteiger partial charge in [0.1, 0.15) is 0 Å². The molecule has 8 heteroatoms. The molecule has 0 aliphatic rings. The molecule has 0 radical (unpaired) electrons. The first kappa shape index (κ1) is 22.4. The minimum absolute atomic E-state index is 0.178. The average molecular weight is 447 g/mol. The predicted octanol–water partition coefficient (Wildman–Crippen LogP) is 5.04. The van der Waals surface area contributed by atoms with Gasteiger partial charge in [0.15, 0.2) is 27.9 Å². The van der Waals surface area contributed by atoms with Gasteiger partial charge in [-0.15, -0.1) is 0 Å². The van der Waals surface area contributed by atoms with Gasteiger partial charge in [0.25, 0.3) is 0 Å². The van der Waals surface area contributed by atoms with Gasteiger partial charge in [0.2, 0.25) is 0 Å². The van der Waals surface area contributed by atoms with Gasteiger partial charge in [-0.2, -0.15) is 13.2 Å². The summed E-state index contributed by atoms with van der Waals surface area (Å²) in [4.78, 5) is 26.6. The zero-order valence-corrected chi connectivity index (χ0v) is 17.0. The van der Waals surface area contributed by atoms with Gasteiger partial charge in [-0.1, -0.05) is 36.4 Å². The van der Waals surface area contributed by atoms with Crippen LogP contribution in [0.4, 0.5) is 13.2 Å². The lowest BCUT2D eigenvalue weighted by Gasteiger charge is -2.09. The van der Waals surface area contributed by atoms with Crippen molar-refractivity contribution in [3.8, 4) is 0 Å². The lowest BCUT2D eigenvalue weighted by molar-refractivity contribution is -0.188. The molecule has 0 aromatic heterocycles. The van der Waals surface area contributed by atoms with E-state index in [1.54, 1.807) is 24.3 Å². The van der Waals surface area contributed by atoms with E-state index in [2.05, 4.69) is 4.74 Å². The number of ether oxygens (including phenoxy) is 2. The van der Waals surface area contributed by atoms with E-state index in [1.807, 2.05) is 60.7 Å². The van der Waals surface area contributed by atoms with E-state index < -0.39 is 42.2 Å². The van der Waals surface area contributed by atoms with Crippen LogP contribution in [0.5, 0.6) is 0 Å². The molecule has 0 aliphatic heterocycles. The van der Waals surface area contributed by atoms with Crippen LogP contribution in [0.25, 0.3) is 0 Å². The lowest BCUT2D eigenvalue weighted by Crippen LogP contribution is -2.23. The highest BCUT2D eigenvalue weighted by atomic mass is 32.2. The summed E-state index contributed by atoms with van der Waals surface area (Å²) in [6, 6.07) is 26.6. The third kappa shape index (κ3) is 6.62. The molecule has 0 spiro atoms. The van der Waals surface area contributed by atoms with Gasteiger partial charge in [0.05, 0.1) is 16.5 Å². The van der Waals surface area contributed by atoms with Crippen molar-refractivity contribution in [2.45, 2.75) is 20.9 Å². The van der Waals surface area contributed by atoms with Gasteiger partial charge < -0.3 is 9.47 Å². The second-order valence-electron chi connectivity index (χ2n) is 6.31. The van der Waals surface area contributed by atoms with E-state index in [0.717, 1.165) is 14.7 Å². The minimum atomic E-state index is -4.63. The number of halogens is 3. The van der Waals surface area contributed by atoms with Crippen LogP contribution in [0.3, 0.4) is 0 Å². The van der Waals surface area contributed by atoms with Crippen LogP contribution in [0.2, 0.25) is 0 Å². The number of hydrogen-bond acceptors (Lipinski definition) is 4. The molecule has 0 N–H and O–H groups in total. The Morgan fingerprint density at radius 1 is 0.710 bits per heavy atom. The first-order chi connectivity index (χ1) is 14.8. The monoisotopic (exact) mass is 447 g/mol. The number of alkyl halides is 3. The molecule has 0 atom stereocenters. The normalized spacial score (nSPS) is 11.2. The van der Waals surface area contributed by atoms with E-state index in [4.69, 9.17) is 4.74 Å². The average Bonchev–Trinajstić information content (AvgIpc) is 2.78. The molecule has 160 valence electrons. The van der Waals surface area contributed by atoms with Crippen molar-refractivity contribution < 1.29 is 32.2 Å². The van der Waals surface area contributed by atoms with Crippen molar-refractivity contribution in [2.24, 2.45) is 0 Å². The summed E-state index contributed by atoms with van der Waals surface area (Å²) in [7, 11) is -0.391. The molecule has 4 nitrogen and oxygen atoms in total. The second kappa shape index (κ2) is 10.2. The number of carbonyl (C=O) groups excluding carboxylic acids is 2. The van der Waals surface area contributed by atoms with E-state index in [-0.39, 0.29) is 5.56 Å². The van der Waals surface area contributed by atoms with Gasteiger partial charge >= 0.3 is 18.1 Å². The van der Waals surface area contributed by atoms with E-state index in [9.17, 15) is 22.8 Å². The quantitative estimate of drug-likeness (QED) is 0.376. The molecular weight excluding hydrogens is 429 g/mol. The van der Waals surface area contributed by atoms with Crippen molar-refractivity contribution in [3.05, 3.63) is 90.5 Å². The summed E-state index contributed by atoms with van der Waals surface area (Å²) in [6.07, 6.45) is -4.63. The standard InChI is InChI=1S/C23H18F3O4S/c24-23(25,26)16-30-21(27)15-29-22(28)17-11-13-20(14-12-17)31(18-7-3-1-4-8-18)19-9-5-2-6-10-19/h1-14H,15-16H2/q+1. The Hall–Kier alpha value is -3.26. The highest BCUT2D eigenvalue weighted by Crippen LogP contribution is 2.31. The van der Waals surface area contributed by atoms with E-state index in [0.29, 0.717) is 0 Å². The lowest BCUT2D eigenvalue weighted by atomic mass is 10.2. The molecule has 0 bridgehead atoms. The molecule has 0 saturated carbocycles. The molecule has 3 aromatic carbocycles. The predicted molar refractivity (Wildman–Crippen MR) is 109 cm³/mol. The molecule has 0 amide bonds.